The van der Waals surface area contributed by atoms with Gasteiger partial charge in [0, 0.05) is 5.30 Å². The number of hydrogen-bond acceptors (Lipinski definition) is 1. The second-order valence-corrected chi connectivity index (χ2v) is 3.05. The molecule has 52 valence electrons. The van der Waals surface area contributed by atoms with Crippen molar-refractivity contribution in [2.24, 2.45) is 0 Å². The molecule has 0 heterocycles. The zero-order valence-corrected chi connectivity index (χ0v) is 6.98. The van der Waals surface area contributed by atoms with Crippen LogP contribution in [-0.2, 0) is 4.57 Å². The molecule has 1 rings (SSSR count). The summed E-state index contributed by atoms with van der Waals surface area (Å²) in [6, 6.07) is 5.93. The molecular weight excluding hydrogens is 143 g/mol. The Morgan fingerprint density at radius 2 is 2.00 bits per heavy atom. The largest absolute Gasteiger partial charge is 0.269 e. The van der Waals surface area contributed by atoms with E-state index in [0.717, 1.165) is 16.4 Å². The molecule has 1 aromatic rings. The maximum absolute atomic E-state index is 10.5. The van der Waals surface area contributed by atoms with Crippen LogP contribution in [0, 0.1) is 13.8 Å². The number of rotatable bonds is 1. The topological polar surface area (TPSA) is 17.1 Å². The van der Waals surface area contributed by atoms with Gasteiger partial charge in [-0.3, -0.25) is 4.57 Å². The number of aryl methyl sites for hydroxylation is 2. The Hall–Kier alpha value is -0.680. The fraction of sp³-hybridized carbons (Fsp3) is 0.250. The van der Waals surface area contributed by atoms with Crippen LogP contribution >= 0.6 is 8.46 Å². The molecule has 1 nitrogen and oxygen atoms in total. The van der Waals surface area contributed by atoms with Gasteiger partial charge in [-0.25, -0.2) is 0 Å². The molecular formula is C8H9OP. The Morgan fingerprint density at radius 1 is 1.30 bits per heavy atom. The summed E-state index contributed by atoms with van der Waals surface area (Å²) >= 11 is 0. The first kappa shape index (κ1) is 7.43. The van der Waals surface area contributed by atoms with Gasteiger partial charge >= 0.3 is 0 Å². The van der Waals surface area contributed by atoms with E-state index in [4.69, 9.17) is 0 Å². The second-order valence-electron chi connectivity index (χ2n) is 2.38. The predicted octanol–water partition coefficient (Wildman–Crippen LogP) is 2.22. The average Bonchev–Trinajstić information content (AvgIpc) is 1.94. The standard InChI is InChI=1S/C8H9OP/c1-6-3-4-7(2)8(5-6)10-9/h3-5H,1-2H3. The van der Waals surface area contributed by atoms with E-state index < -0.39 is 0 Å². The molecule has 0 radical (unpaired) electrons. The van der Waals surface area contributed by atoms with E-state index in [2.05, 4.69) is 0 Å². The number of benzene rings is 1. The van der Waals surface area contributed by atoms with Crippen LogP contribution in [0.4, 0.5) is 0 Å². The summed E-state index contributed by atoms with van der Waals surface area (Å²) < 4.78 is 10.5. The molecule has 0 aliphatic heterocycles. The van der Waals surface area contributed by atoms with Gasteiger partial charge < -0.3 is 0 Å². The van der Waals surface area contributed by atoms with E-state index >= 15 is 0 Å². The van der Waals surface area contributed by atoms with E-state index in [1.165, 1.54) is 0 Å². The van der Waals surface area contributed by atoms with Gasteiger partial charge in [0.2, 0.25) is 0 Å². The van der Waals surface area contributed by atoms with Crippen LogP contribution in [0.5, 0.6) is 0 Å². The molecule has 0 amide bonds. The third-order valence-corrected chi connectivity index (χ3v) is 2.14. The first-order valence-electron chi connectivity index (χ1n) is 3.14. The van der Waals surface area contributed by atoms with Crippen molar-refractivity contribution in [2.45, 2.75) is 13.8 Å². The Kier molecular flexibility index (Phi) is 2.18. The fourth-order valence-electron chi connectivity index (χ4n) is 0.818. The summed E-state index contributed by atoms with van der Waals surface area (Å²) in [4.78, 5) is 0. The highest BCUT2D eigenvalue weighted by molar-refractivity contribution is 7.34. The van der Waals surface area contributed by atoms with Gasteiger partial charge in [-0.05, 0) is 25.5 Å². The highest BCUT2D eigenvalue weighted by atomic mass is 31.1. The van der Waals surface area contributed by atoms with Crippen LogP contribution < -0.4 is 5.30 Å². The van der Waals surface area contributed by atoms with E-state index in [1.54, 1.807) is 0 Å². The average molecular weight is 152 g/mol. The normalized spacial score (nSPS) is 10.2. The van der Waals surface area contributed by atoms with Gasteiger partial charge in [-0.2, -0.15) is 0 Å². The van der Waals surface area contributed by atoms with Crippen molar-refractivity contribution < 1.29 is 4.57 Å². The van der Waals surface area contributed by atoms with Crippen LogP contribution in [0.25, 0.3) is 0 Å². The van der Waals surface area contributed by atoms with E-state index in [-0.39, 0.29) is 8.46 Å². The predicted molar refractivity (Wildman–Crippen MR) is 43.2 cm³/mol. The van der Waals surface area contributed by atoms with Crippen molar-refractivity contribution in [3.8, 4) is 0 Å². The van der Waals surface area contributed by atoms with Crippen LogP contribution in [-0.4, -0.2) is 0 Å². The lowest BCUT2D eigenvalue weighted by molar-refractivity contribution is 0.603. The minimum Gasteiger partial charge on any atom is -0.269 e. The summed E-state index contributed by atoms with van der Waals surface area (Å²) in [5, 5.41) is 0.889. The molecule has 0 saturated carbocycles. The van der Waals surface area contributed by atoms with E-state index in [1.807, 2.05) is 32.0 Å². The summed E-state index contributed by atoms with van der Waals surface area (Å²) in [6.07, 6.45) is 0. The Labute approximate surface area is 62.3 Å². The van der Waals surface area contributed by atoms with Crippen molar-refractivity contribution in [1.82, 2.24) is 0 Å². The summed E-state index contributed by atoms with van der Waals surface area (Å²) in [5.41, 5.74) is 2.24. The fourth-order valence-corrected chi connectivity index (χ4v) is 1.29. The molecule has 0 aromatic heterocycles. The van der Waals surface area contributed by atoms with Gasteiger partial charge in [0.25, 0.3) is 0 Å². The van der Waals surface area contributed by atoms with Gasteiger partial charge in [0.05, 0.1) is 0 Å². The molecule has 0 aliphatic rings. The third-order valence-electron chi connectivity index (χ3n) is 1.46. The molecule has 0 spiro atoms. The zero-order valence-electron chi connectivity index (χ0n) is 6.09. The summed E-state index contributed by atoms with van der Waals surface area (Å²) in [5.74, 6) is 0. The van der Waals surface area contributed by atoms with Crippen LogP contribution in [0.2, 0.25) is 0 Å². The highest BCUT2D eigenvalue weighted by Gasteiger charge is 1.95. The Balaban J connectivity index is 3.21. The highest BCUT2D eigenvalue weighted by Crippen LogP contribution is 2.05. The number of hydrogen-bond donors (Lipinski definition) is 0. The van der Waals surface area contributed by atoms with Crippen molar-refractivity contribution in [2.75, 3.05) is 0 Å². The van der Waals surface area contributed by atoms with Crippen molar-refractivity contribution in [3.05, 3.63) is 29.3 Å². The minimum absolute atomic E-state index is 0.117. The van der Waals surface area contributed by atoms with E-state index in [0.29, 0.717) is 0 Å². The third kappa shape index (κ3) is 1.43. The Bertz CT molecular complexity index is 255. The molecule has 2 heteroatoms. The molecule has 10 heavy (non-hydrogen) atoms. The monoisotopic (exact) mass is 152 g/mol. The molecule has 0 bridgehead atoms. The Morgan fingerprint density at radius 3 is 2.50 bits per heavy atom. The van der Waals surface area contributed by atoms with Gasteiger partial charge in [-0.1, -0.05) is 17.7 Å². The molecule has 1 aromatic carbocycles. The maximum Gasteiger partial charge on any atom is 0.192 e. The van der Waals surface area contributed by atoms with Crippen molar-refractivity contribution in [1.29, 1.82) is 0 Å². The first-order valence-corrected chi connectivity index (χ1v) is 3.96. The SMILES string of the molecule is Cc1ccc(C)c(P=O)c1. The lowest BCUT2D eigenvalue weighted by Crippen LogP contribution is -1.96. The second kappa shape index (κ2) is 2.94. The zero-order chi connectivity index (χ0) is 7.56. The molecule has 0 aliphatic carbocycles. The first-order chi connectivity index (χ1) is 4.74. The summed E-state index contributed by atoms with van der Waals surface area (Å²) in [7, 11) is 0.117. The van der Waals surface area contributed by atoms with E-state index in [9.17, 15) is 4.57 Å². The molecule has 0 unspecified atom stereocenters. The van der Waals surface area contributed by atoms with Crippen LogP contribution in [0.15, 0.2) is 18.2 Å². The molecule has 0 atom stereocenters. The lowest BCUT2D eigenvalue weighted by atomic mass is 10.2. The van der Waals surface area contributed by atoms with Gasteiger partial charge in [0.1, 0.15) is 0 Å². The van der Waals surface area contributed by atoms with Gasteiger partial charge in [0.15, 0.2) is 8.46 Å². The van der Waals surface area contributed by atoms with Crippen molar-refractivity contribution in [3.63, 3.8) is 0 Å². The van der Waals surface area contributed by atoms with Crippen molar-refractivity contribution >= 4 is 13.8 Å². The molecule has 0 saturated heterocycles. The summed E-state index contributed by atoms with van der Waals surface area (Å²) in [6.45, 7) is 3.95. The molecule has 0 fully saturated rings. The molecule has 0 N–H and O–H groups in total. The quantitative estimate of drug-likeness (QED) is 0.564. The minimum atomic E-state index is 0.117. The maximum atomic E-state index is 10.5. The lowest BCUT2D eigenvalue weighted by Gasteiger charge is -1.96. The van der Waals surface area contributed by atoms with Crippen LogP contribution in [0.3, 0.4) is 0 Å². The van der Waals surface area contributed by atoms with Crippen LogP contribution in [0.1, 0.15) is 11.1 Å². The van der Waals surface area contributed by atoms with Gasteiger partial charge in [-0.15, -0.1) is 0 Å². The smallest absolute Gasteiger partial charge is 0.192 e.